The third-order valence-corrected chi connectivity index (χ3v) is 6.51. The van der Waals surface area contributed by atoms with E-state index in [1.165, 1.54) is 32.4 Å². The first-order valence-corrected chi connectivity index (χ1v) is 11.2. The maximum atomic E-state index is 13.6. The molecule has 0 spiro atoms. The Bertz CT molecular complexity index is 1290. The van der Waals surface area contributed by atoms with Gasteiger partial charge in [-0.1, -0.05) is 12.1 Å². The Morgan fingerprint density at radius 2 is 1.59 bits per heavy atom. The minimum atomic E-state index is -4.03. The highest BCUT2D eigenvalue weighted by Gasteiger charge is 2.23. The van der Waals surface area contributed by atoms with E-state index in [2.05, 4.69) is 0 Å². The Labute approximate surface area is 194 Å². The lowest BCUT2D eigenvalue weighted by molar-refractivity contribution is -0.119. The summed E-state index contributed by atoms with van der Waals surface area (Å²) in [5, 5.41) is 1.98. The van der Waals surface area contributed by atoms with E-state index in [1.54, 1.807) is 24.3 Å². The number of ether oxygens (including phenoxy) is 2. The first-order chi connectivity index (χ1) is 16.1. The molecule has 0 aliphatic rings. The van der Waals surface area contributed by atoms with Gasteiger partial charge in [0, 0.05) is 7.05 Å². The summed E-state index contributed by atoms with van der Waals surface area (Å²) in [4.78, 5) is 24.1. The number of anilines is 2. The van der Waals surface area contributed by atoms with Crippen LogP contribution in [0.4, 0.5) is 20.2 Å². The molecule has 0 saturated heterocycles. The number of esters is 1. The summed E-state index contributed by atoms with van der Waals surface area (Å²) < 4.78 is 64.2. The Kier molecular flexibility index (Phi) is 7.47. The maximum absolute atomic E-state index is 13.6. The monoisotopic (exact) mass is 490 g/mol. The van der Waals surface area contributed by atoms with Gasteiger partial charge in [0.05, 0.1) is 23.3 Å². The van der Waals surface area contributed by atoms with Crippen LogP contribution in [0.2, 0.25) is 0 Å². The molecular formula is C23H20F2N2O6S. The lowest BCUT2D eigenvalue weighted by Crippen LogP contribution is -2.27. The summed E-state index contributed by atoms with van der Waals surface area (Å²) >= 11 is 0. The summed E-state index contributed by atoms with van der Waals surface area (Å²) in [6, 6.07) is 14.4. The molecule has 0 saturated carbocycles. The maximum Gasteiger partial charge on any atom is 0.338 e. The van der Waals surface area contributed by atoms with Crippen LogP contribution in [-0.4, -0.2) is 41.1 Å². The number of sulfonamides is 1. The zero-order valence-electron chi connectivity index (χ0n) is 18.1. The quantitative estimate of drug-likeness (QED) is 0.484. The van der Waals surface area contributed by atoms with Crippen LogP contribution >= 0.6 is 0 Å². The largest absolute Gasteiger partial charge is 0.497 e. The van der Waals surface area contributed by atoms with Gasteiger partial charge in [-0.15, -0.1) is 0 Å². The second kappa shape index (κ2) is 10.3. The van der Waals surface area contributed by atoms with Gasteiger partial charge in [-0.25, -0.2) is 22.0 Å². The van der Waals surface area contributed by atoms with E-state index >= 15 is 0 Å². The first kappa shape index (κ1) is 24.6. The van der Waals surface area contributed by atoms with Gasteiger partial charge in [0.15, 0.2) is 6.61 Å². The molecule has 0 heterocycles. The van der Waals surface area contributed by atoms with Crippen LogP contribution in [0, 0.1) is 11.6 Å². The fourth-order valence-corrected chi connectivity index (χ4v) is 4.12. The number of halogens is 2. The van der Waals surface area contributed by atoms with E-state index in [1.807, 2.05) is 5.32 Å². The van der Waals surface area contributed by atoms with Crippen molar-refractivity contribution in [1.29, 1.82) is 0 Å². The van der Waals surface area contributed by atoms with Crippen LogP contribution < -0.4 is 14.4 Å². The summed E-state index contributed by atoms with van der Waals surface area (Å²) in [7, 11) is -1.18. The van der Waals surface area contributed by atoms with E-state index in [4.69, 9.17) is 9.47 Å². The van der Waals surface area contributed by atoms with Crippen molar-refractivity contribution in [2.24, 2.45) is 0 Å². The van der Waals surface area contributed by atoms with Crippen LogP contribution in [0.15, 0.2) is 71.6 Å². The number of rotatable bonds is 8. The molecule has 8 nitrogen and oxygen atoms in total. The van der Waals surface area contributed by atoms with Crippen molar-refractivity contribution >= 4 is 33.3 Å². The standard InChI is InChI=1S/C23H20F2N2O6S/c1-27(16-9-11-17(32-2)12-10-16)34(30,31)18-6-3-5-15(13-18)23(29)33-14-21(28)26-22-19(24)7-4-8-20(22)25/h3-13H,14H2,1-2H3,(H,26,28). The molecule has 3 aromatic rings. The number of carbonyl (C=O) groups excluding carboxylic acids is 2. The molecule has 0 aliphatic carbocycles. The number of nitrogens with zero attached hydrogens (tertiary/aromatic N) is 1. The minimum Gasteiger partial charge on any atom is -0.497 e. The first-order valence-electron chi connectivity index (χ1n) is 9.77. The minimum absolute atomic E-state index is 0.130. The smallest absolute Gasteiger partial charge is 0.338 e. The molecule has 1 N–H and O–H groups in total. The van der Waals surface area contributed by atoms with Crippen LogP contribution in [0.5, 0.6) is 5.75 Å². The number of hydrogen-bond donors (Lipinski definition) is 1. The molecule has 0 aliphatic heterocycles. The van der Waals surface area contributed by atoms with Gasteiger partial charge in [0.2, 0.25) is 0 Å². The SMILES string of the molecule is COc1ccc(N(C)S(=O)(=O)c2cccc(C(=O)OCC(=O)Nc3c(F)cccc3F)c2)cc1. The molecule has 0 unspecified atom stereocenters. The fourth-order valence-electron chi connectivity index (χ4n) is 2.88. The van der Waals surface area contributed by atoms with Gasteiger partial charge in [0.25, 0.3) is 15.9 Å². The highest BCUT2D eigenvalue weighted by atomic mass is 32.2. The highest BCUT2D eigenvalue weighted by molar-refractivity contribution is 7.92. The van der Waals surface area contributed by atoms with E-state index in [0.29, 0.717) is 11.4 Å². The number of amides is 1. The van der Waals surface area contributed by atoms with Gasteiger partial charge in [-0.2, -0.15) is 0 Å². The predicted octanol–water partition coefficient (Wildman–Crippen LogP) is 3.59. The van der Waals surface area contributed by atoms with Gasteiger partial charge in [-0.05, 0) is 54.6 Å². The molecule has 0 bridgehead atoms. The van der Waals surface area contributed by atoms with Crippen molar-refractivity contribution < 1.29 is 36.3 Å². The van der Waals surface area contributed by atoms with Crippen LogP contribution in [0.1, 0.15) is 10.4 Å². The molecule has 0 atom stereocenters. The van der Waals surface area contributed by atoms with Gasteiger partial charge in [0.1, 0.15) is 23.1 Å². The molecule has 178 valence electrons. The van der Waals surface area contributed by atoms with Crippen molar-refractivity contribution in [2.45, 2.75) is 4.90 Å². The lowest BCUT2D eigenvalue weighted by Gasteiger charge is -2.20. The third-order valence-electron chi connectivity index (χ3n) is 4.73. The molecule has 1 amide bonds. The van der Waals surface area contributed by atoms with Crippen molar-refractivity contribution in [1.82, 2.24) is 0 Å². The number of carbonyl (C=O) groups is 2. The number of methoxy groups -OCH3 is 1. The summed E-state index contributed by atoms with van der Waals surface area (Å²) in [5.74, 6) is -3.38. The summed E-state index contributed by atoms with van der Waals surface area (Å²) in [5.41, 5.74) is -0.432. The number of hydrogen-bond acceptors (Lipinski definition) is 6. The summed E-state index contributed by atoms with van der Waals surface area (Å²) in [6.45, 7) is -0.838. The fraction of sp³-hybridized carbons (Fsp3) is 0.130. The Balaban J connectivity index is 1.70. The van der Waals surface area contributed by atoms with Crippen LogP contribution in [-0.2, 0) is 19.6 Å². The van der Waals surface area contributed by atoms with Gasteiger partial charge < -0.3 is 14.8 Å². The second-order valence-electron chi connectivity index (χ2n) is 6.92. The number of nitrogens with one attached hydrogen (secondary N) is 1. The topological polar surface area (TPSA) is 102 Å². The number of benzene rings is 3. The Hall–Kier alpha value is -3.99. The van der Waals surface area contributed by atoms with E-state index in [-0.39, 0.29) is 10.5 Å². The van der Waals surface area contributed by atoms with Crippen molar-refractivity contribution in [2.75, 3.05) is 30.4 Å². The predicted molar refractivity (Wildman–Crippen MR) is 120 cm³/mol. The van der Waals surface area contributed by atoms with E-state index in [9.17, 15) is 26.8 Å². The normalized spacial score (nSPS) is 10.9. The second-order valence-corrected chi connectivity index (χ2v) is 8.89. The molecule has 0 fully saturated rings. The highest BCUT2D eigenvalue weighted by Crippen LogP contribution is 2.25. The lowest BCUT2D eigenvalue weighted by atomic mass is 10.2. The molecule has 34 heavy (non-hydrogen) atoms. The van der Waals surface area contributed by atoms with Crippen LogP contribution in [0.25, 0.3) is 0 Å². The molecule has 3 rings (SSSR count). The average Bonchev–Trinajstić information content (AvgIpc) is 2.84. The number of para-hydroxylation sites is 1. The Morgan fingerprint density at radius 3 is 2.21 bits per heavy atom. The van der Waals surface area contributed by atoms with Crippen molar-refractivity contribution in [3.8, 4) is 5.75 Å². The Morgan fingerprint density at radius 1 is 0.971 bits per heavy atom. The zero-order chi connectivity index (χ0) is 24.9. The van der Waals surface area contributed by atoms with E-state index < -0.39 is 45.8 Å². The average molecular weight is 490 g/mol. The zero-order valence-corrected chi connectivity index (χ0v) is 18.9. The molecule has 0 aromatic heterocycles. The van der Waals surface area contributed by atoms with Crippen molar-refractivity contribution in [3.05, 3.63) is 83.9 Å². The van der Waals surface area contributed by atoms with Gasteiger partial charge in [-0.3, -0.25) is 9.10 Å². The van der Waals surface area contributed by atoms with Gasteiger partial charge >= 0.3 is 5.97 Å². The molecule has 11 heteroatoms. The third kappa shape index (κ3) is 5.49. The van der Waals surface area contributed by atoms with Crippen molar-refractivity contribution in [3.63, 3.8) is 0 Å². The molecule has 3 aromatic carbocycles. The molecular weight excluding hydrogens is 470 g/mol. The summed E-state index contributed by atoms with van der Waals surface area (Å²) in [6.07, 6.45) is 0. The van der Waals surface area contributed by atoms with Crippen LogP contribution in [0.3, 0.4) is 0 Å². The van der Waals surface area contributed by atoms with E-state index in [0.717, 1.165) is 28.6 Å². The molecule has 0 radical (unpaired) electrons.